The van der Waals surface area contributed by atoms with Gasteiger partial charge in [-0.2, -0.15) is 0 Å². The van der Waals surface area contributed by atoms with Crippen LogP contribution in [-0.2, 0) is 28.8 Å². The highest BCUT2D eigenvalue weighted by molar-refractivity contribution is 6.12. The molecule has 0 aliphatic carbocycles. The highest BCUT2D eigenvalue weighted by Crippen LogP contribution is 2.03. The van der Waals surface area contributed by atoms with Crippen molar-refractivity contribution in [3.05, 3.63) is 24.8 Å². The first-order valence-electron chi connectivity index (χ1n) is 9.41. The van der Waals surface area contributed by atoms with Crippen molar-refractivity contribution in [2.24, 2.45) is 0 Å². The van der Waals surface area contributed by atoms with Crippen molar-refractivity contribution >= 4 is 35.5 Å². The van der Waals surface area contributed by atoms with Gasteiger partial charge in [-0.05, 0) is 19.8 Å². The fraction of sp³-hybridized carbons (Fsp3) is 0.474. The zero-order valence-corrected chi connectivity index (χ0v) is 16.7. The van der Waals surface area contributed by atoms with Crippen LogP contribution < -0.4 is 16.0 Å². The van der Waals surface area contributed by atoms with Crippen LogP contribution in [0.1, 0.15) is 32.6 Å². The molecule has 0 aromatic rings. The average Bonchev–Trinajstić information content (AvgIpc) is 3.01. The summed E-state index contributed by atoms with van der Waals surface area (Å²) in [5, 5.41) is 16.1. The van der Waals surface area contributed by atoms with Crippen LogP contribution in [0.3, 0.4) is 0 Å². The van der Waals surface area contributed by atoms with Gasteiger partial charge in [0.1, 0.15) is 12.1 Å². The summed E-state index contributed by atoms with van der Waals surface area (Å²) in [6, 6.07) is -2.17. The molecule has 1 rings (SSSR count). The van der Waals surface area contributed by atoms with Crippen LogP contribution in [0.2, 0.25) is 0 Å². The van der Waals surface area contributed by atoms with E-state index in [2.05, 4.69) is 22.5 Å². The maximum absolute atomic E-state index is 11.9. The molecule has 1 aliphatic heterocycles. The Morgan fingerprint density at radius 1 is 1.07 bits per heavy atom. The van der Waals surface area contributed by atoms with Crippen molar-refractivity contribution in [1.82, 2.24) is 20.9 Å². The monoisotopic (exact) mass is 422 g/mol. The van der Waals surface area contributed by atoms with Gasteiger partial charge in [0.2, 0.25) is 17.7 Å². The molecule has 0 saturated heterocycles. The van der Waals surface area contributed by atoms with Gasteiger partial charge in [0.05, 0.1) is 0 Å². The summed E-state index contributed by atoms with van der Waals surface area (Å²) in [6.45, 7) is 4.97. The second-order valence-corrected chi connectivity index (χ2v) is 6.57. The maximum Gasteiger partial charge on any atom is 0.325 e. The van der Waals surface area contributed by atoms with Gasteiger partial charge in [-0.25, -0.2) is 0 Å². The third kappa shape index (κ3) is 8.25. The Labute approximate surface area is 173 Å². The van der Waals surface area contributed by atoms with Crippen molar-refractivity contribution in [1.29, 1.82) is 0 Å². The number of hydrogen-bond donors (Lipinski definition) is 4. The third-order valence-corrected chi connectivity index (χ3v) is 4.18. The van der Waals surface area contributed by atoms with Crippen molar-refractivity contribution in [2.75, 3.05) is 13.1 Å². The lowest BCUT2D eigenvalue weighted by molar-refractivity contribution is -0.141. The summed E-state index contributed by atoms with van der Waals surface area (Å²) in [5.41, 5.74) is 0. The number of carboxylic acids is 1. The van der Waals surface area contributed by atoms with E-state index in [4.69, 9.17) is 5.11 Å². The molecule has 5 amide bonds. The molecule has 0 radical (unpaired) electrons. The molecule has 0 bridgehead atoms. The molecule has 30 heavy (non-hydrogen) atoms. The number of amides is 5. The molecule has 0 aromatic carbocycles. The molecule has 0 aromatic heterocycles. The summed E-state index contributed by atoms with van der Waals surface area (Å²) in [7, 11) is 0. The lowest BCUT2D eigenvalue weighted by Gasteiger charge is -2.17. The van der Waals surface area contributed by atoms with Crippen LogP contribution in [0.5, 0.6) is 0 Å². The minimum atomic E-state index is -1.20. The van der Waals surface area contributed by atoms with Gasteiger partial charge in [0, 0.05) is 38.1 Å². The van der Waals surface area contributed by atoms with Crippen molar-refractivity contribution < 1.29 is 33.9 Å². The van der Waals surface area contributed by atoms with Crippen LogP contribution in [0.15, 0.2) is 24.8 Å². The first-order valence-corrected chi connectivity index (χ1v) is 9.41. The second kappa shape index (κ2) is 12.1. The standard InChI is InChI=1S/C19H26N4O7/c1-3-13(18(28)21-12(2)19(29)30)22-15(25)7-5-4-6-14(24)20-10-11-23-16(26)8-9-17(23)27/h3,8-9,12-13H,1,4-7,10-11H2,2H3,(H,20,24)(H,21,28)(H,22,25)(H,29,30)/t12-,13-/m0/s1. The Hall–Kier alpha value is -3.50. The van der Waals surface area contributed by atoms with Gasteiger partial charge < -0.3 is 21.1 Å². The number of hydrogen-bond acceptors (Lipinski definition) is 6. The van der Waals surface area contributed by atoms with E-state index >= 15 is 0 Å². The van der Waals surface area contributed by atoms with Gasteiger partial charge in [-0.3, -0.25) is 33.7 Å². The van der Waals surface area contributed by atoms with Gasteiger partial charge in [0.15, 0.2) is 0 Å². The van der Waals surface area contributed by atoms with E-state index in [9.17, 15) is 28.8 Å². The Morgan fingerprint density at radius 2 is 1.63 bits per heavy atom. The van der Waals surface area contributed by atoms with E-state index < -0.39 is 41.7 Å². The van der Waals surface area contributed by atoms with Gasteiger partial charge in [0.25, 0.3) is 11.8 Å². The number of carbonyl (C=O) groups is 6. The molecule has 11 nitrogen and oxygen atoms in total. The number of nitrogens with one attached hydrogen (secondary N) is 3. The summed E-state index contributed by atoms with van der Waals surface area (Å²) >= 11 is 0. The smallest absolute Gasteiger partial charge is 0.325 e. The first kappa shape index (κ1) is 24.5. The van der Waals surface area contributed by atoms with Crippen LogP contribution in [0.25, 0.3) is 0 Å². The van der Waals surface area contributed by atoms with Crippen LogP contribution in [0.4, 0.5) is 0 Å². The number of carbonyl (C=O) groups excluding carboxylic acids is 5. The highest BCUT2D eigenvalue weighted by Gasteiger charge is 2.23. The number of nitrogens with zero attached hydrogens (tertiary/aromatic N) is 1. The zero-order chi connectivity index (χ0) is 22.7. The molecule has 0 fully saturated rings. The van der Waals surface area contributed by atoms with Gasteiger partial charge in [-0.15, -0.1) is 6.58 Å². The van der Waals surface area contributed by atoms with Gasteiger partial charge in [-0.1, -0.05) is 6.08 Å². The number of carboxylic acid groups (broad SMARTS) is 1. The number of rotatable bonds is 13. The predicted molar refractivity (Wildman–Crippen MR) is 105 cm³/mol. The molecule has 164 valence electrons. The quantitative estimate of drug-likeness (QED) is 0.165. The molecule has 4 N–H and O–H groups in total. The van der Waals surface area contributed by atoms with Crippen molar-refractivity contribution in [3.63, 3.8) is 0 Å². The zero-order valence-electron chi connectivity index (χ0n) is 16.7. The normalized spacial score (nSPS) is 14.8. The molecule has 1 heterocycles. The topological polar surface area (TPSA) is 162 Å². The Morgan fingerprint density at radius 3 is 2.17 bits per heavy atom. The Kier molecular flexibility index (Phi) is 9.93. The van der Waals surface area contributed by atoms with Crippen molar-refractivity contribution in [3.8, 4) is 0 Å². The lowest BCUT2D eigenvalue weighted by Crippen LogP contribution is -2.49. The molecule has 0 saturated carbocycles. The molecular weight excluding hydrogens is 396 g/mol. The van der Waals surface area contributed by atoms with E-state index in [0.29, 0.717) is 12.8 Å². The first-order chi connectivity index (χ1) is 14.1. The SMILES string of the molecule is C=C[C@H](NC(=O)CCCCC(=O)NCCN1C(=O)C=CC1=O)C(=O)N[C@@H](C)C(=O)O. The van der Waals surface area contributed by atoms with E-state index in [-0.39, 0.29) is 31.8 Å². The molecule has 11 heteroatoms. The number of aliphatic carboxylic acids is 1. The summed E-state index contributed by atoms with van der Waals surface area (Å²) < 4.78 is 0. The maximum atomic E-state index is 11.9. The molecule has 2 atom stereocenters. The molecule has 1 aliphatic rings. The van der Waals surface area contributed by atoms with Crippen LogP contribution >= 0.6 is 0 Å². The fourth-order valence-corrected chi connectivity index (χ4v) is 2.46. The number of imide groups is 1. The van der Waals surface area contributed by atoms with E-state index in [1.54, 1.807) is 0 Å². The molecular formula is C19H26N4O7. The minimum Gasteiger partial charge on any atom is -0.480 e. The van der Waals surface area contributed by atoms with Crippen LogP contribution in [-0.4, -0.2) is 70.7 Å². The predicted octanol–water partition coefficient (Wildman–Crippen LogP) is -1.15. The van der Waals surface area contributed by atoms with E-state index in [1.807, 2.05) is 0 Å². The fourth-order valence-electron chi connectivity index (χ4n) is 2.46. The van der Waals surface area contributed by atoms with E-state index in [0.717, 1.165) is 4.90 Å². The average molecular weight is 422 g/mol. The Bertz CT molecular complexity index is 729. The third-order valence-electron chi connectivity index (χ3n) is 4.18. The molecule has 0 unspecified atom stereocenters. The highest BCUT2D eigenvalue weighted by atomic mass is 16.4. The largest absolute Gasteiger partial charge is 0.480 e. The van der Waals surface area contributed by atoms with E-state index in [1.165, 1.54) is 25.2 Å². The summed E-state index contributed by atoms with van der Waals surface area (Å²) in [6.07, 6.45) is 4.58. The number of unbranched alkanes of at least 4 members (excludes halogenated alkanes) is 1. The minimum absolute atomic E-state index is 0.0713. The molecule has 0 spiro atoms. The summed E-state index contributed by atoms with van der Waals surface area (Å²) in [5.74, 6) is -3.41. The van der Waals surface area contributed by atoms with Crippen LogP contribution in [0, 0.1) is 0 Å². The second-order valence-electron chi connectivity index (χ2n) is 6.57. The van der Waals surface area contributed by atoms with Gasteiger partial charge >= 0.3 is 5.97 Å². The lowest BCUT2D eigenvalue weighted by atomic mass is 10.1. The Balaban J connectivity index is 2.20. The van der Waals surface area contributed by atoms with Crippen molar-refractivity contribution in [2.45, 2.75) is 44.7 Å². The summed E-state index contributed by atoms with van der Waals surface area (Å²) in [4.78, 5) is 70.1.